The number of piperidine rings is 1. The van der Waals surface area contributed by atoms with E-state index in [0.717, 1.165) is 5.56 Å². The highest BCUT2D eigenvalue weighted by atomic mass is 35.5. The molecule has 1 unspecified atom stereocenters. The molecule has 0 aromatic heterocycles. The Morgan fingerprint density at radius 2 is 2.03 bits per heavy atom. The first-order valence-corrected chi connectivity index (χ1v) is 10.2. The van der Waals surface area contributed by atoms with Gasteiger partial charge in [-0.3, -0.25) is 4.79 Å². The molecule has 2 aromatic carbocycles. The molecule has 2 aliphatic heterocycles. The van der Waals surface area contributed by atoms with Crippen LogP contribution in [0.25, 0.3) is 0 Å². The summed E-state index contributed by atoms with van der Waals surface area (Å²) in [6, 6.07) is 12.0. The Morgan fingerprint density at radius 3 is 2.70 bits per heavy atom. The number of fused-ring (bicyclic) bond motifs is 1. The number of nitrogens with zero attached hydrogens (tertiary/aromatic N) is 2. The Morgan fingerprint density at radius 1 is 1.33 bits per heavy atom. The SMILES string of the molecule is N#CC1(Cc2ccc(F)cc2)CCN(C(=O)C2CNc3cc(Cl)c(N)cc3O2)CC1. The number of halogens is 2. The minimum absolute atomic E-state index is 0.116. The first-order chi connectivity index (χ1) is 14.4. The summed E-state index contributed by atoms with van der Waals surface area (Å²) in [7, 11) is 0. The maximum absolute atomic E-state index is 13.2. The number of nitrogens with one attached hydrogen (secondary N) is 1. The number of nitrogens with two attached hydrogens (primary N) is 1. The first-order valence-electron chi connectivity index (χ1n) is 9.83. The number of carbonyl (C=O) groups excluding carboxylic acids is 1. The summed E-state index contributed by atoms with van der Waals surface area (Å²) in [6.45, 7) is 1.29. The molecule has 2 aromatic rings. The summed E-state index contributed by atoms with van der Waals surface area (Å²) in [5, 5.41) is 13.4. The van der Waals surface area contributed by atoms with Gasteiger partial charge in [-0.2, -0.15) is 5.26 Å². The Balaban J connectivity index is 1.39. The van der Waals surface area contributed by atoms with Crippen LogP contribution in [0, 0.1) is 22.6 Å². The summed E-state index contributed by atoms with van der Waals surface area (Å²) in [4.78, 5) is 14.7. The Kier molecular flexibility index (Phi) is 5.44. The molecule has 156 valence electrons. The van der Waals surface area contributed by atoms with Gasteiger partial charge >= 0.3 is 0 Å². The molecule has 0 bridgehead atoms. The van der Waals surface area contributed by atoms with Crippen LogP contribution in [0.5, 0.6) is 5.75 Å². The summed E-state index contributed by atoms with van der Waals surface area (Å²) in [6.07, 6.45) is 1.00. The van der Waals surface area contributed by atoms with Crippen molar-refractivity contribution >= 4 is 28.9 Å². The maximum atomic E-state index is 13.2. The lowest BCUT2D eigenvalue weighted by atomic mass is 9.75. The van der Waals surface area contributed by atoms with Gasteiger partial charge in [0.05, 0.1) is 34.4 Å². The number of nitrogen functional groups attached to an aromatic ring is 1. The largest absolute Gasteiger partial charge is 0.476 e. The molecule has 1 saturated heterocycles. The molecular formula is C22H22ClFN4O2. The second-order valence-corrected chi connectivity index (χ2v) is 8.29. The molecule has 8 heteroatoms. The summed E-state index contributed by atoms with van der Waals surface area (Å²) in [5.74, 6) is 0.0908. The van der Waals surface area contributed by atoms with E-state index in [1.165, 1.54) is 12.1 Å². The maximum Gasteiger partial charge on any atom is 0.265 e. The quantitative estimate of drug-likeness (QED) is 0.729. The molecule has 1 atom stereocenters. The average Bonchev–Trinajstić information content (AvgIpc) is 2.76. The lowest BCUT2D eigenvalue weighted by Gasteiger charge is -2.39. The van der Waals surface area contributed by atoms with Gasteiger partial charge in [0, 0.05) is 19.2 Å². The molecule has 0 spiro atoms. The van der Waals surface area contributed by atoms with Gasteiger partial charge in [-0.25, -0.2) is 4.39 Å². The van der Waals surface area contributed by atoms with Crippen LogP contribution in [-0.4, -0.2) is 36.5 Å². The van der Waals surface area contributed by atoms with Gasteiger partial charge in [-0.1, -0.05) is 23.7 Å². The highest BCUT2D eigenvalue weighted by Gasteiger charge is 2.39. The van der Waals surface area contributed by atoms with Crippen LogP contribution in [0.15, 0.2) is 36.4 Å². The summed E-state index contributed by atoms with van der Waals surface area (Å²) >= 11 is 6.03. The zero-order chi connectivity index (χ0) is 21.3. The second-order valence-electron chi connectivity index (χ2n) is 7.88. The van der Waals surface area contributed by atoms with Gasteiger partial charge in [-0.15, -0.1) is 0 Å². The molecule has 2 heterocycles. The number of nitriles is 1. The van der Waals surface area contributed by atoms with E-state index in [0.29, 0.717) is 61.0 Å². The van der Waals surface area contributed by atoms with Crippen LogP contribution in [0.2, 0.25) is 5.02 Å². The van der Waals surface area contributed by atoms with E-state index >= 15 is 0 Å². The third-order valence-electron chi connectivity index (χ3n) is 5.85. The molecule has 0 radical (unpaired) electrons. The number of hydrogen-bond acceptors (Lipinski definition) is 5. The minimum Gasteiger partial charge on any atom is -0.476 e. The topological polar surface area (TPSA) is 91.4 Å². The predicted molar refractivity (Wildman–Crippen MR) is 113 cm³/mol. The number of benzene rings is 2. The van der Waals surface area contributed by atoms with E-state index in [9.17, 15) is 14.4 Å². The smallest absolute Gasteiger partial charge is 0.265 e. The highest BCUT2D eigenvalue weighted by Crippen LogP contribution is 2.37. The number of rotatable bonds is 3. The van der Waals surface area contributed by atoms with Gasteiger partial charge in [-0.05, 0) is 43.0 Å². The van der Waals surface area contributed by atoms with Gasteiger partial charge in [0.2, 0.25) is 0 Å². The summed E-state index contributed by atoms with van der Waals surface area (Å²) < 4.78 is 19.0. The zero-order valence-electron chi connectivity index (χ0n) is 16.3. The minimum atomic E-state index is -0.662. The monoisotopic (exact) mass is 428 g/mol. The van der Waals surface area contributed by atoms with Crippen molar-refractivity contribution in [2.24, 2.45) is 5.41 Å². The number of carbonyl (C=O) groups is 1. The van der Waals surface area contributed by atoms with Gasteiger partial charge in [0.1, 0.15) is 11.6 Å². The van der Waals surface area contributed by atoms with Crippen LogP contribution in [0.3, 0.4) is 0 Å². The Labute approximate surface area is 179 Å². The van der Waals surface area contributed by atoms with Crippen LogP contribution in [-0.2, 0) is 11.2 Å². The van der Waals surface area contributed by atoms with Crippen LogP contribution in [0.4, 0.5) is 15.8 Å². The molecule has 4 rings (SSSR count). The first kappa shape index (κ1) is 20.3. The highest BCUT2D eigenvalue weighted by molar-refractivity contribution is 6.33. The van der Waals surface area contributed by atoms with Crippen molar-refractivity contribution < 1.29 is 13.9 Å². The predicted octanol–water partition coefficient (Wildman–Crippen LogP) is 3.61. The van der Waals surface area contributed by atoms with Crippen LogP contribution in [0.1, 0.15) is 18.4 Å². The number of ether oxygens (including phenoxy) is 1. The standard InChI is InChI=1S/C22H22ClFN4O2/c23-16-9-18-19(10-17(16)26)30-20(12-27-18)21(29)28-7-5-22(13-25,6-8-28)11-14-1-3-15(24)4-2-14/h1-4,9-10,20,27H,5-8,11-12,26H2. The van der Waals surface area contributed by atoms with E-state index in [2.05, 4.69) is 11.4 Å². The molecular weight excluding hydrogens is 407 g/mol. The van der Waals surface area contributed by atoms with Gasteiger partial charge in [0.25, 0.3) is 5.91 Å². The Hall–Kier alpha value is -2.98. The van der Waals surface area contributed by atoms with E-state index in [4.69, 9.17) is 22.1 Å². The molecule has 6 nitrogen and oxygen atoms in total. The lowest BCUT2D eigenvalue weighted by molar-refractivity contribution is -0.140. The van der Waals surface area contributed by atoms with Crippen molar-refractivity contribution in [1.29, 1.82) is 5.26 Å². The number of amides is 1. The van der Waals surface area contributed by atoms with Crippen molar-refractivity contribution in [2.75, 3.05) is 30.7 Å². The van der Waals surface area contributed by atoms with Crippen molar-refractivity contribution in [3.05, 3.63) is 52.8 Å². The van der Waals surface area contributed by atoms with Crippen LogP contribution < -0.4 is 15.8 Å². The van der Waals surface area contributed by atoms with E-state index in [1.54, 1.807) is 29.2 Å². The van der Waals surface area contributed by atoms with Crippen molar-refractivity contribution in [3.8, 4) is 11.8 Å². The number of likely N-dealkylation sites (tertiary alicyclic amines) is 1. The fourth-order valence-electron chi connectivity index (χ4n) is 4.02. The third kappa shape index (κ3) is 4.01. The molecule has 3 N–H and O–H groups in total. The van der Waals surface area contributed by atoms with Crippen molar-refractivity contribution in [1.82, 2.24) is 4.90 Å². The lowest BCUT2D eigenvalue weighted by Crippen LogP contribution is -2.51. The van der Waals surface area contributed by atoms with Crippen molar-refractivity contribution in [2.45, 2.75) is 25.4 Å². The number of hydrogen-bond donors (Lipinski definition) is 2. The van der Waals surface area contributed by atoms with E-state index in [-0.39, 0.29) is 11.7 Å². The molecule has 1 amide bonds. The fourth-order valence-corrected chi connectivity index (χ4v) is 4.18. The molecule has 0 aliphatic carbocycles. The van der Waals surface area contributed by atoms with E-state index < -0.39 is 11.5 Å². The summed E-state index contributed by atoms with van der Waals surface area (Å²) in [5.41, 5.74) is 7.30. The fraction of sp³-hybridized carbons (Fsp3) is 0.364. The van der Waals surface area contributed by atoms with Gasteiger partial charge < -0.3 is 20.7 Å². The molecule has 2 aliphatic rings. The van der Waals surface area contributed by atoms with Crippen molar-refractivity contribution in [3.63, 3.8) is 0 Å². The van der Waals surface area contributed by atoms with Crippen LogP contribution >= 0.6 is 11.6 Å². The molecule has 0 saturated carbocycles. The normalized spacial score (nSPS) is 19.8. The van der Waals surface area contributed by atoms with Gasteiger partial charge in [0.15, 0.2) is 6.10 Å². The number of anilines is 2. The average molecular weight is 429 g/mol. The molecule has 30 heavy (non-hydrogen) atoms. The zero-order valence-corrected chi connectivity index (χ0v) is 17.1. The molecule has 1 fully saturated rings. The van der Waals surface area contributed by atoms with E-state index in [1.807, 2.05) is 0 Å². The second kappa shape index (κ2) is 8.04. The third-order valence-corrected chi connectivity index (χ3v) is 6.17. The Bertz CT molecular complexity index is 997.